The first kappa shape index (κ1) is 51.5. The van der Waals surface area contributed by atoms with Crippen LogP contribution >= 0.6 is 11.3 Å². The number of aliphatic hydroxyl groups is 1. The molecule has 1 saturated heterocycles. The van der Waals surface area contributed by atoms with Crippen LogP contribution in [0.2, 0.25) is 0 Å². The number of amides is 5. The van der Waals surface area contributed by atoms with E-state index in [-0.39, 0.29) is 55.7 Å². The SMILES string of the molecule is Cc1ncsc1-c1ccc(CNC(=O)[C@@H]2C[C@@H](O)CN2C(=O)[C@@H](NC(=O)CCCCCCCCCCC(=O)Nc2cc3cc(-c4cnc5c(c4)N(C(=O)OC(C)C)CCO5)ccn3n2)C(C)(C)C)cc1. The number of benzene rings is 1. The first-order valence-corrected chi connectivity index (χ1v) is 25.4. The van der Waals surface area contributed by atoms with E-state index in [9.17, 15) is 29.1 Å². The van der Waals surface area contributed by atoms with Crippen molar-refractivity contribution in [2.24, 2.45) is 5.41 Å². The number of aromatic nitrogens is 4. The minimum Gasteiger partial charge on any atom is -0.474 e. The maximum atomic E-state index is 14.0. The molecule has 2 aliphatic rings. The number of ether oxygens (including phenoxy) is 2. The van der Waals surface area contributed by atoms with Crippen LogP contribution in [0.3, 0.4) is 0 Å². The number of carbonyl (C=O) groups is 5. The van der Waals surface area contributed by atoms with Gasteiger partial charge in [-0.2, -0.15) is 5.10 Å². The van der Waals surface area contributed by atoms with Crippen LogP contribution in [0.15, 0.2) is 66.4 Å². The highest BCUT2D eigenvalue weighted by Gasteiger charge is 2.44. The summed E-state index contributed by atoms with van der Waals surface area (Å²) < 4.78 is 12.8. The molecule has 1 aromatic carbocycles. The van der Waals surface area contributed by atoms with Crippen molar-refractivity contribution in [3.63, 3.8) is 0 Å². The van der Waals surface area contributed by atoms with Crippen LogP contribution in [0.25, 0.3) is 27.1 Å². The van der Waals surface area contributed by atoms with Gasteiger partial charge >= 0.3 is 6.09 Å². The van der Waals surface area contributed by atoms with Crippen molar-refractivity contribution in [1.82, 2.24) is 35.1 Å². The maximum Gasteiger partial charge on any atom is 0.414 e. The number of aryl methyl sites for hydroxylation is 1. The fourth-order valence-corrected chi connectivity index (χ4v) is 9.61. The lowest BCUT2D eigenvalue weighted by atomic mass is 9.85. The molecule has 0 aliphatic carbocycles. The molecule has 0 saturated carbocycles. The van der Waals surface area contributed by atoms with Gasteiger partial charge in [0.05, 0.1) is 40.4 Å². The molecule has 6 heterocycles. The third-order valence-electron chi connectivity index (χ3n) is 12.6. The van der Waals surface area contributed by atoms with Crippen LogP contribution < -0.4 is 25.6 Å². The molecule has 4 aromatic heterocycles. The van der Waals surface area contributed by atoms with Crippen LogP contribution in [-0.2, 0) is 30.5 Å². The van der Waals surface area contributed by atoms with E-state index in [0.717, 1.165) is 83.3 Å². The molecule has 17 nitrogen and oxygen atoms in total. The number of β-amino-alcohol motifs (C(OH)–C–C–N with tert-alkyl or cyclic N) is 1. The van der Waals surface area contributed by atoms with Gasteiger partial charge in [-0.3, -0.25) is 24.1 Å². The average Bonchev–Trinajstić information content (AvgIpc) is 4.06. The normalized spacial score (nSPS) is 16.2. The first-order chi connectivity index (χ1) is 33.5. The third kappa shape index (κ3) is 13.5. The molecular weight excluding hydrogens is 911 g/mol. The predicted octanol–water partition coefficient (Wildman–Crippen LogP) is 8.22. The first-order valence-electron chi connectivity index (χ1n) is 24.5. The molecule has 70 heavy (non-hydrogen) atoms. The summed E-state index contributed by atoms with van der Waals surface area (Å²) in [6.45, 7) is 12.2. The zero-order valence-corrected chi connectivity index (χ0v) is 42.0. The molecule has 0 bridgehead atoms. The molecule has 0 spiro atoms. The number of nitrogens with one attached hydrogen (secondary N) is 3. The van der Waals surface area contributed by atoms with E-state index < -0.39 is 29.7 Å². The van der Waals surface area contributed by atoms with Gasteiger partial charge in [0.25, 0.3) is 0 Å². The number of hydrogen-bond donors (Lipinski definition) is 4. The number of anilines is 2. The van der Waals surface area contributed by atoms with Gasteiger partial charge in [-0.05, 0) is 73.9 Å². The zero-order chi connectivity index (χ0) is 50.0. The van der Waals surface area contributed by atoms with Crippen molar-refractivity contribution < 1.29 is 38.6 Å². The second kappa shape index (κ2) is 23.5. The van der Waals surface area contributed by atoms with E-state index in [1.807, 2.05) is 87.9 Å². The Bertz CT molecular complexity index is 2620. The molecule has 4 N–H and O–H groups in total. The summed E-state index contributed by atoms with van der Waals surface area (Å²) in [5.74, 6) is -0.176. The van der Waals surface area contributed by atoms with Crippen molar-refractivity contribution in [2.75, 3.05) is 29.9 Å². The van der Waals surface area contributed by atoms with E-state index in [0.29, 0.717) is 43.4 Å². The number of pyridine rings is 2. The van der Waals surface area contributed by atoms with E-state index in [1.165, 1.54) is 4.90 Å². The number of hydrogen-bond acceptors (Lipinski definition) is 12. The number of unbranched alkanes of at least 4 members (excludes halogenated alkanes) is 7. The lowest BCUT2D eigenvalue weighted by Gasteiger charge is -2.35. The lowest BCUT2D eigenvalue weighted by molar-refractivity contribution is -0.144. The highest BCUT2D eigenvalue weighted by atomic mass is 32.1. The molecule has 2 aliphatic heterocycles. The summed E-state index contributed by atoms with van der Waals surface area (Å²) in [5, 5.41) is 23.9. The molecule has 374 valence electrons. The van der Waals surface area contributed by atoms with Gasteiger partial charge in [0.1, 0.15) is 24.4 Å². The summed E-state index contributed by atoms with van der Waals surface area (Å²) >= 11 is 1.58. The Labute approximate surface area is 413 Å². The average molecular weight is 978 g/mol. The van der Waals surface area contributed by atoms with E-state index in [1.54, 1.807) is 40.8 Å². The summed E-state index contributed by atoms with van der Waals surface area (Å²) in [4.78, 5) is 79.1. The summed E-state index contributed by atoms with van der Waals surface area (Å²) in [6, 6.07) is 13.7. The predicted molar refractivity (Wildman–Crippen MR) is 269 cm³/mol. The van der Waals surface area contributed by atoms with Crippen molar-refractivity contribution in [3.8, 4) is 27.4 Å². The Morgan fingerprint density at radius 2 is 1.59 bits per heavy atom. The minimum absolute atomic E-state index is 0.0229. The number of carbonyl (C=O) groups excluding carboxylic acids is 5. The molecule has 3 atom stereocenters. The largest absolute Gasteiger partial charge is 0.474 e. The molecule has 7 rings (SSSR count). The third-order valence-corrected chi connectivity index (χ3v) is 13.5. The second-order valence-electron chi connectivity index (χ2n) is 19.6. The summed E-state index contributed by atoms with van der Waals surface area (Å²) in [6.07, 6.45) is 10.1. The van der Waals surface area contributed by atoms with E-state index in [2.05, 4.69) is 31.0 Å². The van der Waals surface area contributed by atoms with Crippen molar-refractivity contribution in [2.45, 2.75) is 143 Å². The number of nitrogens with zero attached hydrogens (tertiary/aromatic N) is 6. The Hall–Kier alpha value is -6.40. The Balaban J connectivity index is 0.775. The fourth-order valence-electron chi connectivity index (χ4n) is 8.80. The molecule has 0 unspecified atom stereocenters. The Morgan fingerprint density at radius 1 is 0.886 bits per heavy atom. The number of thiazole rings is 1. The zero-order valence-electron chi connectivity index (χ0n) is 41.2. The molecule has 18 heteroatoms. The standard InChI is InChI=1S/C52H67N9O8S/c1-33(2)69-51(67)59-23-24-68-49-42(59)26-38(30-54-49)37-21-22-61-39(25-37)27-43(58-61)56-44(63)15-13-11-9-7-8-10-12-14-16-45(64)57-47(52(4,5)6)50(66)60-31-40(62)28-41(60)48(65)53-29-35-17-19-36(20-18-35)46-34(3)55-32-70-46/h17-22,25-27,30,32-33,40-41,47,62H,7-16,23-24,28-29,31H2,1-6H3,(H,53,65)(H,57,64)(H,56,58,63)/t40-,41+,47-/m1/s1. The number of aliphatic hydroxyl groups excluding tert-OH is 1. The minimum atomic E-state index is -0.864. The molecule has 1 fully saturated rings. The van der Waals surface area contributed by atoms with Crippen molar-refractivity contribution in [3.05, 3.63) is 77.7 Å². The van der Waals surface area contributed by atoms with Crippen LogP contribution in [0.5, 0.6) is 5.88 Å². The molecule has 5 amide bonds. The fraction of sp³-hybridized carbons (Fsp3) is 0.500. The van der Waals surface area contributed by atoms with Crippen LogP contribution in [0, 0.1) is 12.3 Å². The number of rotatable bonds is 20. The maximum absolute atomic E-state index is 14.0. The molecule has 0 radical (unpaired) electrons. The van der Waals surface area contributed by atoms with Gasteiger partial charge in [0, 0.05) is 56.4 Å². The Kier molecular flexibility index (Phi) is 17.3. The van der Waals surface area contributed by atoms with Crippen LogP contribution in [0.4, 0.5) is 16.3 Å². The van der Waals surface area contributed by atoms with Gasteiger partial charge in [-0.1, -0.05) is 83.6 Å². The van der Waals surface area contributed by atoms with Gasteiger partial charge < -0.3 is 35.4 Å². The second-order valence-corrected chi connectivity index (χ2v) is 20.5. The van der Waals surface area contributed by atoms with E-state index >= 15 is 0 Å². The molecular formula is C52H67N9O8S. The number of fused-ring (bicyclic) bond motifs is 2. The van der Waals surface area contributed by atoms with Crippen LogP contribution in [0.1, 0.15) is 117 Å². The van der Waals surface area contributed by atoms with Gasteiger partial charge in [0.2, 0.25) is 29.5 Å². The van der Waals surface area contributed by atoms with Crippen molar-refractivity contribution in [1.29, 1.82) is 0 Å². The van der Waals surface area contributed by atoms with Gasteiger partial charge in [-0.25, -0.2) is 19.3 Å². The highest BCUT2D eigenvalue weighted by molar-refractivity contribution is 7.13. The topological polar surface area (TPSA) is 210 Å². The van der Waals surface area contributed by atoms with Crippen molar-refractivity contribution >= 4 is 58.1 Å². The van der Waals surface area contributed by atoms with Gasteiger partial charge in [-0.15, -0.1) is 11.3 Å². The quantitative estimate of drug-likeness (QED) is 0.0546. The van der Waals surface area contributed by atoms with Gasteiger partial charge in [0.15, 0.2) is 5.82 Å². The van der Waals surface area contributed by atoms with Crippen LogP contribution in [-0.4, -0.2) is 103 Å². The highest BCUT2D eigenvalue weighted by Crippen LogP contribution is 2.35. The monoisotopic (exact) mass is 977 g/mol. The summed E-state index contributed by atoms with van der Waals surface area (Å²) in [5.41, 5.74) is 7.12. The molecule has 5 aromatic rings. The van der Waals surface area contributed by atoms with E-state index in [4.69, 9.17) is 9.47 Å². The lowest BCUT2D eigenvalue weighted by Crippen LogP contribution is -2.57. The smallest absolute Gasteiger partial charge is 0.414 e. The Morgan fingerprint density at radius 3 is 2.26 bits per heavy atom. The number of likely N-dealkylation sites (tertiary alicyclic amines) is 1. The summed E-state index contributed by atoms with van der Waals surface area (Å²) in [7, 11) is 0.